The Hall–Kier alpha value is -3.67. The fourth-order valence-electron chi connectivity index (χ4n) is 3.96. The maximum absolute atomic E-state index is 13.4. The zero-order chi connectivity index (χ0) is 26.9. The van der Waals surface area contributed by atoms with E-state index in [2.05, 4.69) is 15.6 Å². The van der Waals surface area contributed by atoms with E-state index in [1.807, 2.05) is 18.2 Å². The minimum Gasteiger partial charge on any atom is -0.481 e. The van der Waals surface area contributed by atoms with E-state index in [0.29, 0.717) is 37.2 Å². The van der Waals surface area contributed by atoms with Crippen molar-refractivity contribution in [2.75, 3.05) is 6.54 Å². The van der Waals surface area contributed by atoms with Gasteiger partial charge in [0.25, 0.3) is 5.91 Å². The number of thioether (sulfide) groups is 1. The maximum Gasteiger partial charge on any atom is 0.305 e. The lowest BCUT2D eigenvalue weighted by Crippen LogP contribution is -2.56. The summed E-state index contributed by atoms with van der Waals surface area (Å²) in [6.45, 7) is 3.86. The zero-order valence-corrected chi connectivity index (χ0v) is 21.4. The molecule has 3 amide bonds. The molecule has 0 unspecified atom stereocenters. The van der Waals surface area contributed by atoms with Gasteiger partial charge in [0.1, 0.15) is 24.1 Å². The van der Waals surface area contributed by atoms with Crippen molar-refractivity contribution in [2.45, 2.75) is 62.0 Å². The number of carboxylic acid groups (broad SMARTS) is 1. The summed E-state index contributed by atoms with van der Waals surface area (Å²) in [5.41, 5.74) is 0. The van der Waals surface area contributed by atoms with Crippen LogP contribution in [0.1, 0.15) is 49.4 Å². The highest BCUT2D eigenvalue weighted by Crippen LogP contribution is 2.23. The molecular formula is C25H30N4O7S. The zero-order valence-electron chi connectivity index (χ0n) is 20.6. The number of nitrogens with one attached hydrogen (secondary N) is 2. The lowest BCUT2D eigenvalue weighted by molar-refractivity contribution is -0.142. The molecule has 1 aliphatic heterocycles. The molecule has 1 saturated heterocycles. The number of furan rings is 1. The smallest absolute Gasteiger partial charge is 0.305 e. The molecular weight excluding hydrogens is 500 g/mol. The second-order valence-corrected chi connectivity index (χ2v) is 9.95. The van der Waals surface area contributed by atoms with Gasteiger partial charge in [-0.25, -0.2) is 4.98 Å². The monoisotopic (exact) mass is 530 g/mol. The Morgan fingerprint density at radius 1 is 1.22 bits per heavy atom. The van der Waals surface area contributed by atoms with E-state index in [9.17, 15) is 24.0 Å². The number of hydrogen-bond donors (Lipinski definition) is 3. The van der Waals surface area contributed by atoms with E-state index in [4.69, 9.17) is 9.52 Å². The summed E-state index contributed by atoms with van der Waals surface area (Å²) in [5.74, 6) is -1.98. The van der Waals surface area contributed by atoms with Gasteiger partial charge >= 0.3 is 5.97 Å². The van der Waals surface area contributed by atoms with Crippen LogP contribution in [0.5, 0.6) is 0 Å². The second kappa shape index (κ2) is 13.0. The molecule has 1 aliphatic rings. The van der Waals surface area contributed by atoms with Gasteiger partial charge in [0.2, 0.25) is 11.8 Å². The Labute approximate surface area is 218 Å². The van der Waals surface area contributed by atoms with Crippen LogP contribution in [-0.4, -0.2) is 69.6 Å². The Balaban J connectivity index is 1.63. The number of carboxylic acids is 1. The van der Waals surface area contributed by atoms with E-state index < -0.39 is 48.2 Å². The summed E-state index contributed by atoms with van der Waals surface area (Å²) < 4.78 is 5.67. The van der Waals surface area contributed by atoms with Gasteiger partial charge in [0, 0.05) is 12.7 Å². The molecule has 0 spiro atoms. The van der Waals surface area contributed by atoms with Crippen LogP contribution < -0.4 is 10.6 Å². The predicted octanol–water partition coefficient (Wildman–Crippen LogP) is 1.87. The van der Waals surface area contributed by atoms with Crippen molar-refractivity contribution in [3.63, 3.8) is 0 Å². The van der Waals surface area contributed by atoms with Crippen LogP contribution in [0, 0.1) is 5.92 Å². The number of rotatable bonds is 12. The predicted molar refractivity (Wildman–Crippen MR) is 134 cm³/mol. The van der Waals surface area contributed by atoms with E-state index in [-0.39, 0.29) is 11.7 Å². The van der Waals surface area contributed by atoms with Crippen molar-refractivity contribution in [1.29, 1.82) is 0 Å². The normalized spacial score (nSPS) is 16.7. The molecule has 0 aromatic carbocycles. The third-order valence-electron chi connectivity index (χ3n) is 5.83. The molecule has 1 fully saturated rings. The number of carbonyl (C=O) groups excluding carboxylic acids is 4. The SMILES string of the molecule is CC(C)[C@H](NC(=O)c1ccc(CSc2ccccn2)o1)C(=O)N1CCC[C@H]1C(=O)N[C@H](C=O)CC(=O)O. The lowest BCUT2D eigenvalue weighted by Gasteiger charge is -2.30. The minimum atomic E-state index is -1.23. The molecule has 0 saturated carbocycles. The van der Waals surface area contributed by atoms with Crippen LogP contribution >= 0.6 is 11.8 Å². The first kappa shape index (κ1) is 27.9. The molecule has 3 heterocycles. The standard InChI is InChI=1S/C25H30N4O7S/c1-15(2)22(25(35)29-11-5-6-18(29)23(33)27-16(13-30)12-21(31)32)28-24(34)19-9-8-17(36-19)14-37-20-7-3-4-10-26-20/h3-4,7-10,13,15-16,18,22H,5-6,11-12,14H2,1-2H3,(H,27,33)(H,28,34)(H,31,32)/t16-,18-,22-/m0/s1. The summed E-state index contributed by atoms with van der Waals surface area (Å²) >= 11 is 1.46. The van der Waals surface area contributed by atoms with Gasteiger partial charge in [-0.3, -0.25) is 19.2 Å². The van der Waals surface area contributed by atoms with Crippen LogP contribution in [0.2, 0.25) is 0 Å². The number of amides is 3. The topological polar surface area (TPSA) is 159 Å². The molecule has 0 aliphatic carbocycles. The molecule has 11 nitrogen and oxygen atoms in total. The van der Waals surface area contributed by atoms with Gasteiger partial charge in [0.15, 0.2) is 5.76 Å². The largest absolute Gasteiger partial charge is 0.481 e. The third kappa shape index (κ3) is 7.66. The molecule has 12 heteroatoms. The number of carbonyl (C=O) groups is 5. The van der Waals surface area contributed by atoms with E-state index in [1.165, 1.54) is 16.7 Å². The van der Waals surface area contributed by atoms with Gasteiger partial charge in [-0.05, 0) is 43.0 Å². The summed E-state index contributed by atoms with van der Waals surface area (Å²) in [6, 6.07) is 5.84. The van der Waals surface area contributed by atoms with Crippen LogP contribution in [0.4, 0.5) is 0 Å². The molecule has 3 atom stereocenters. The van der Waals surface area contributed by atoms with Crippen LogP contribution in [0.25, 0.3) is 0 Å². The average Bonchev–Trinajstić information content (AvgIpc) is 3.55. The lowest BCUT2D eigenvalue weighted by atomic mass is 10.0. The van der Waals surface area contributed by atoms with E-state index >= 15 is 0 Å². The average molecular weight is 531 g/mol. The maximum atomic E-state index is 13.4. The Morgan fingerprint density at radius 2 is 2.00 bits per heavy atom. The van der Waals surface area contributed by atoms with Gasteiger partial charge < -0.3 is 29.9 Å². The first-order chi connectivity index (χ1) is 17.7. The van der Waals surface area contributed by atoms with Crippen LogP contribution in [-0.2, 0) is 24.9 Å². The van der Waals surface area contributed by atoms with E-state index in [1.54, 1.807) is 32.2 Å². The first-order valence-corrected chi connectivity index (χ1v) is 12.9. The van der Waals surface area contributed by atoms with Crippen LogP contribution in [0.15, 0.2) is 46.0 Å². The number of aromatic nitrogens is 1. The van der Waals surface area contributed by atoms with Crippen molar-refractivity contribution < 1.29 is 33.5 Å². The molecule has 198 valence electrons. The van der Waals surface area contributed by atoms with Gasteiger partial charge in [-0.1, -0.05) is 31.7 Å². The molecule has 2 aromatic rings. The highest BCUT2D eigenvalue weighted by atomic mass is 32.2. The molecule has 0 radical (unpaired) electrons. The highest BCUT2D eigenvalue weighted by molar-refractivity contribution is 7.98. The fraction of sp³-hybridized carbons (Fsp3) is 0.440. The fourth-order valence-corrected chi connectivity index (χ4v) is 4.72. The quantitative estimate of drug-likeness (QED) is 0.275. The Kier molecular flexibility index (Phi) is 9.84. The van der Waals surface area contributed by atoms with Gasteiger partial charge in [-0.15, -0.1) is 0 Å². The summed E-state index contributed by atoms with van der Waals surface area (Å²) in [7, 11) is 0. The minimum absolute atomic E-state index is 0.0632. The van der Waals surface area contributed by atoms with E-state index in [0.717, 1.165) is 5.03 Å². The first-order valence-electron chi connectivity index (χ1n) is 11.9. The molecule has 37 heavy (non-hydrogen) atoms. The highest BCUT2D eigenvalue weighted by Gasteiger charge is 2.39. The van der Waals surface area contributed by atoms with Crippen molar-refractivity contribution in [1.82, 2.24) is 20.5 Å². The Morgan fingerprint density at radius 3 is 2.65 bits per heavy atom. The van der Waals surface area contributed by atoms with Crippen molar-refractivity contribution in [3.05, 3.63) is 48.0 Å². The number of aldehydes is 1. The van der Waals surface area contributed by atoms with Gasteiger partial charge in [-0.2, -0.15) is 0 Å². The second-order valence-electron chi connectivity index (χ2n) is 8.96. The summed E-state index contributed by atoms with van der Waals surface area (Å²) in [5, 5.41) is 14.8. The summed E-state index contributed by atoms with van der Waals surface area (Å²) in [6.07, 6.45) is 2.42. The number of pyridine rings is 1. The van der Waals surface area contributed by atoms with Crippen molar-refractivity contribution in [2.24, 2.45) is 5.92 Å². The van der Waals surface area contributed by atoms with Crippen LogP contribution in [0.3, 0.4) is 0 Å². The van der Waals surface area contributed by atoms with Crippen molar-refractivity contribution >= 4 is 41.7 Å². The summed E-state index contributed by atoms with van der Waals surface area (Å²) in [4.78, 5) is 66.7. The molecule has 0 bridgehead atoms. The molecule has 2 aromatic heterocycles. The Bertz CT molecular complexity index is 1120. The van der Waals surface area contributed by atoms with Crippen molar-refractivity contribution in [3.8, 4) is 0 Å². The number of likely N-dealkylation sites (tertiary alicyclic amines) is 1. The van der Waals surface area contributed by atoms with Gasteiger partial charge in [0.05, 0.1) is 23.2 Å². The number of nitrogens with zero attached hydrogens (tertiary/aromatic N) is 2. The number of hydrogen-bond acceptors (Lipinski definition) is 8. The molecule has 3 N–H and O–H groups in total. The third-order valence-corrected chi connectivity index (χ3v) is 6.80. The molecule has 3 rings (SSSR count). The number of aliphatic carboxylic acids is 1.